The van der Waals surface area contributed by atoms with Crippen molar-refractivity contribution in [3.63, 3.8) is 0 Å². The van der Waals surface area contributed by atoms with E-state index in [1.54, 1.807) is 33.0 Å². The number of aliphatic hydroxyl groups excluding tert-OH is 3. The predicted molar refractivity (Wildman–Crippen MR) is 128 cm³/mol. The molecule has 1 aromatic carbocycles. The summed E-state index contributed by atoms with van der Waals surface area (Å²) in [6.07, 6.45) is -0.776. The molecule has 14 nitrogen and oxygen atoms in total. The van der Waals surface area contributed by atoms with Crippen LogP contribution in [0.25, 0.3) is 0 Å². The summed E-state index contributed by atoms with van der Waals surface area (Å²) < 4.78 is 6.12. The van der Waals surface area contributed by atoms with E-state index in [1.165, 1.54) is 0 Å². The number of aliphatic hydroxyl groups is 3. The molecule has 1 heterocycles. The highest BCUT2D eigenvalue weighted by Gasteiger charge is 2.38. The van der Waals surface area contributed by atoms with Gasteiger partial charge in [0.2, 0.25) is 17.7 Å². The monoisotopic (exact) mass is 526 g/mol. The van der Waals surface area contributed by atoms with Crippen molar-refractivity contribution in [3.8, 4) is 11.5 Å². The molecule has 1 aromatic rings. The second kappa shape index (κ2) is 12.1. The normalized spacial score (nSPS) is 18.9. The van der Waals surface area contributed by atoms with Crippen LogP contribution < -0.4 is 26.0 Å². The number of phenols is 1. The highest BCUT2D eigenvalue weighted by molar-refractivity contribution is 5.94. The molecule has 4 atom stereocenters. The molecule has 2 rings (SSSR count). The summed E-state index contributed by atoms with van der Waals surface area (Å²) in [5, 5.41) is 56.2. The molecule has 0 spiro atoms. The lowest BCUT2D eigenvalue weighted by Crippen LogP contribution is -2.62. The van der Waals surface area contributed by atoms with Crippen molar-refractivity contribution in [1.82, 2.24) is 21.3 Å². The summed E-state index contributed by atoms with van der Waals surface area (Å²) in [5.41, 5.74) is 1.66. The number of amides is 4. The van der Waals surface area contributed by atoms with E-state index in [0.29, 0.717) is 35.3 Å². The number of carboxylic acid groups (broad SMARTS) is 1. The Labute approximate surface area is 213 Å². The lowest BCUT2D eigenvalue weighted by Gasteiger charge is -2.39. The SMILES string of the molecule is Cc1c(C)c2c(c(C)c1O)CC[C@@](C)(NC(=O)C(CO)NC(=O)C(CO)NC(=O)C(CO)NC(=O)O)O2. The molecule has 1 aliphatic heterocycles. The minimum absolute atomic E-state index is 0.185. The number of hydrogen-bond donors (Lipinski definition) is 9. The second-order valence-corrected chi connectivity index (χ2v) is 9.03. The average Bonchev–Trinajstić information content (AvgIpc) is 2.85. The van der Waals surface area contributed by atoms with Gasteiger partial charge in [0.1, 0.15) is 29.6 Å². The van der Waals surface area contributed by atoms with Crippen LogP contribution in [0.5, 0.6) is 11.5 Å². The lowest BCUT2D eigenvalue weighted by molar-refractivity contribution is -0.136. The predicted octanol–water partition coefficient (Wildman–Crippen LogP) is -1.94. The number of phenolic OH excluding ortho intramolecular Hbond substituents is 1. The van der Waals surface area contributed by atoms with E-state index in [9.17, 15) is 34.5 Å². The first-order valence-electron chi connectivity index (χ1n) is 11.5. The van der Waals surface area contributed by atoms with Crippen LogP contribution in [0.4, 0.5) is 4.79 Å². The Bertz CT molecular complexity index is 1060. The topological polar surface area (TPSA) is 227 Å². The average molecular weight is 527 g/mol. The fourth-order valence-electron chi connectivity index (χ4n) is 3.96. The van der Waals surface area contributed by atoms with Gasteiger partial charge in [-0.1, -0.05) is 0 Å². The van der Waals surface area contributed by atoms with Crippen LogP contribution in [0.2, 0.25) is 0 Å². The van der Waals surface area contributed by atoms with E-state index >= 15 is 0 Å². The van der Waals surface area contributed by atoms with Gasteiger partial charge >= 0.3 is 6.09 Å². The van der Waals surface area contributed by atoms with Crippen molar-refractivity contribution in [1.29, 1.82) is 0 Å². The van der Waals surface area contributed by atoms with E-state index < -0.39 is 67.5 Å². The zero-order chi connectivity index (χ0) is 28.1. The Morgan fingerprint density at radius 1 is 0.838 bits per heavy atom. The number of ether oxygens (including phenoxy) is 1. The maximum absolute atomic E-state index is 12.9. The van der Waals surface area contributed by atoms with Crippen LogP contribution in [0.1, 0.15) is 35.6 Å². The van der Waals surface area contributed by atoms with Crippen LogP contribution in [0.15, 0.2) is 0 Å². The van der Waals surface area contributed by atoms with Gasteiger partial charge in [-0.2, -0.15) is 0 Å². The van der Waals surface area contributed by atoms with Crippen LogP contribution in [0.3, 0.4) is 0 Å². The number of carbonyl (C=O) groups is 4. The van der Waals surface area contributed by atoms with Crippen molar-refractivity contribution in [2.75, 3.05) is 19.8 Å². The van der Waals surface area contributed by atoms with E-state index in [0.717, 1.165) is 5.56 Å². The highest BCUT2D eigenvalue weighted by atomic mass is 16.5. The maximum Gasteiger partial charge on any atom is 0.405 e. The Balaban J connectivity index is 2.10. The smallest absolute Gasteiger partial charge is 0.405 e. The molecule has 1 aliphatic rings. The highest BCUT2D eigenvalue weighted by Crippen LogP contribution is 2.42. The van der Waals surface area contributed by atoms with Gasteiger partial charge in [-0.3, -0.25) is 14.4 Å². The van der Waals surface area contributed by atoms with Gasteiger partial charge in [-0.15, -0.1) is 0 Å². The molecule has 0 aliphatic carbocycles. The van der Waals surface area contributed by atoms with Crippen LogP contribution >= 0.6 is 0 Å². The van der Waals surface area contributed by atoms with Gasteiger partial charge in [0, 0.05) is 12.0 Å². The Morgan fingerprint density at radius 3 is 1.81 bits per heavy atom. The largest absolute Gasteiger partial charge is 0.507 e. The first-order chi connectivity index (χ1) is 17.3. The summed E-state index contributed by atoms with van der Waals surface area (Å²) in [6.45, 7) is 4.31. The standard InChI is InChI=1S/C23H34N4O10/c1-10-11(2)18-13(12(3)17(10)31)5-6-23(4,37-18)27-21(34)16(9-30)25-19(32)14(7-28)24-20(33)15(8-29)26-22(35)36/h14-16,26,28-31H,5-9H2,1-4H3,(H,24,33)(H,25,32)(H,27,34)(H,35,36)/t14?,15?,16?,23-/m0/s1. The van der Waals surface area contributed by atoms with Gasteiger partial charge in [-0.25, -0.2) is 4.79 Å². The maximum atomic E-state index is 12.9. The number of nitrogens with one attached hydrogen (secondary N) is 4. The van der Waals surface area contributed by atoms with Crippen molar-refractivity contribution in [2.45, 2.75) is 64.4 Å². The van der Waals surface area contributed by atoms with E-state index in [1.807, 2.05) is 0 Å². The van der Waals surface area contributed by atoms with Gasteiger partial charge in [0.15, 0.2) is 5.72 Å². The summed E-state index contributed by atoms with van der Waals surface area (Å²) >= 11 is 0. The quantitative estimate of drug-likeness (QED) is 0.164. The van der Waals surface area contributed by atoms with Crippen molar-refractivity contribution < 1.29 is 49.4 Å². The summed E-state index contributed by atoms with van der Waals surface area (Å²) in [4.78, 5) is 48.3. The number of rotatable bonds is 10. The second-order valence-electron chi connectivity index (χ2n) is 9.03. The molecule has 0 saturated heterocycles. The number of hydrogen-bond acceptors (Lipinski definition) is 9. The molecule has 0 aromatic heterocycles. The third kappa shape index (κ3) is 6.78. The molecular weight excluding hydrogens is 492 g/mol. The van der Waals surface area contributed by atoms with Crippen molar-refractivity contribution >= 4 is 23.8 Å². The molecule has 0 bridgehead atoms. The fraction of sp³-hybridized carbons (Fsp3) is 0.565. The summed E-state index contributed by atoms with van der Waals surface area (Å²) in [7, 11) is 0. The van der Waals surface area contributed by atoms with Crippen molar-refractivity contribution in [2.24, 2.45) is 0 Å². The Morgan fingerprint density at radius 2 is 1.32 bits per heavy atom. The van der Waals surface area contributed by atoms with Crippen LogP contribution in [-0.4, -0.2) is 93.0 Å². The van der Waals surface area contributed by atoms with E-state index in [2.05, 4.69) is 16.0 Å². The lowest BCUT2D eigenvalue weighted by atomic mass is 9.90. The fourth-order valence-corrected chi connectivity index (χ4v) is 3.96. The zero-order valence-corrected chi connectivity index (χ0v) is 21.0. The first kappa shape index (κ1) is 29.6. The summed E-state index contributed by atoms with van der Waals surface area (Å²) in [6, 6.07) is -4.68. The Kier molecular flexibility index (Phi) is 9.67. The minimum atomic E-state index is -1.60. The molecule has 9 N–H and O–H groups in total. The van der Waals surface area contributed by atoms with Gasteiger partial charge in [-0.05, 0) is 50.8 Å². The Hall–Kier alpha value is -3.62. The molecule has 206 valence electrons. The van der Waals surface area contributed by atoms with Gasteiger partial charge < -0.3 is 51.5 Å². The van der Waals surface area contributed by atoms with Crippen molar-refractivity contribution in [3.05, 3.63) is 22.3 Å². The molecule has 3 unspecified atom stereocenters. The number of aromatic hydroxyl groups is 1. The first-order valence-corrected chi connectivity index (χ1v) is 11.5. The molecule has 0 saturated carbocycles. The van der Waals surface area contributed by atoms with E-state index in [4.69, 9.17) is 14.9 Å². The zero-order valence-electron chi connectivity index (χ0n) is 21.0. The molecule has 37 heavy (non-hydrogen) atoms. The summed E-state index contributed by atoms with van der Waals surface area (Å²) in [5.74, 6) is -2.20. The number of fused-ring (bicyclic) bond motifs is 1. The van der Waals surface area contributed by atoms with Crippen LogP contribution in [0, 0.1) is 20.8 Å². The van der Waals surface area contributed by atoms with Gasteiger partial charge in [0.25, 0.3) is 0 Å². The molecular formula is C23H34N4O10. The third-order valence-corrected chi connectivity index (χ3v) is 6.34. The molecule has 4 amide bonds. The molecule has 14 heteroatoms. The number of carbonyl (C=O) groups excluding carboxylic acids is 3. The molecule has 0 radical (unpaired) electrons. The number of benzene rings is 1. The molecule has 0 fully saturated rings. The van der Waals surface area contributed by atoms with E-state index in [-0.39, 0.29) is 5.75 Å². The van der Waals surface area contributed by atoms with Gasteiger partial charge in [0.05, 0.1) is 19.8 Å². The minimum Gasteiger partial charge on any atom is -0.507 e. The van der Waals surface area contributed by atoms with Crippen LogP contribution in [-0.2, 0) is 20.8 Å². The third-order valence-electron chi connectivity index (χ3n) is 6.34.